The van der Waals surface area contributed by atoms with Crippen molar-refractivity contribution in [2.75, 3.05) is 13.0 Å². The highest BCUT2D eigenvalue weighted by Crippen LogP contribution is 2.58. The van der Waals surface area contributed by atoms with Gasteiger partial charge < -0.3 is 4.74 Å². The topological polar surface area (TPSA) is 9.23 Å². The molecule has 2 fully saturated rings. The predicted octanol–water partition coefficient (Wildman–Crippen LogP) is 2.82. The van der Waals surface area contributed by atoms with Crippen molar-refractivity contribution in [1.29, 1.82) is 0 Å². The Morgan fingerprint density at radius 3 is 2.67 bits per heavy atom. The lowest BCUT2D eigenvalue weighted by Crippen LogP contribution is -2.26. The van der Waals surface area contributed by atoms with Crippen molar-refractivity contribution in [3.05, 3.63) is 0 Å². The minimum Gasteiger partial charge on any atom is -0.381 e. The van der Waals surface area contributed by atoms with E-state index in [4.69, 9.17) is 16.3 Å². The van der Waals surface area contributed by atoms with Crippen molar-refractivity contribution in [2.24, 2.45) is 11.3 Å². The fourth-order valence-corrected chi connectivity index (χ4v) is 3.14. The van der Waals surface area contributed by atoms with Gasteiger partial charge in [-0.1, -0.05) is 6.42 Å². The van der Waals surface area contributed by atoms with Gasteiger partial charge in [0.05, 0.1) is 6.10 Å². The number of rotatable bonds is 3. The highest BCUT2D eigenvalue weighted by atomic mass is 35.5. The SMILES string of the molecule is COC1CCCC1C1(CCl)CC1. The number of ether oxygens (including phenoxy) is 1. The summed E-state index contributed by atoms with van der Waals surface area (Å²) in [6.45, 7) is 0. The fourth-order valence-electron chi connectivity index (χ4n) is 2.67. The Labute approximate surface area is 79.4 Å². The minimum absolute atomic E-state index is 0.485. The second-order valence-electron chi connectivity index (χ2n) is 4.31. The van der Waals surface area contributed by atoms with Gasteiger partial charge in [0, 0.05) is 13.0 Å². The molecule has 2 rings (SSSR count). The molecular weight excluding hydrogens is 172 g/mol. The maximum atomic E-state index is 6.00. The lowest BCUT2D eigenvalue weighted by molar-refractivity contribution is 0.0457. The van der Waals surface area contributed by atoms with Gasteiger partial charge >= 0.3 is 0 Å². The normalized spacial score (nSPS) is 38.5. The third-order valence-corrected chi connectivity index (χ3v) is 4.23. The van der Waals surface area contributed by atoms with Gasteiger partial charge in [-0.15, -0.1) is 11.6 Å². The van der Waals surface area contributed by atoms with Crippen LogP contribution in [0.1, 0.15) is 32.1 Å². The second-order valence-corrected chi connectivity index (χ2v) is 4.57. The molecular formula is C10H17ClO. The van der Waals surface area contributed by atoms with Crippen molar-refractivity contribution in [3.8, 4) is 0 Å². The van der Waals surface area contributed by atoms with Crippen LogP contribution in [0.4, 0.5) is 0 Å². The highest BCUT2D eigenvalue weighted by Gasteiger charge is 2.52. The van der Waals surface area contributed by atoms with E-state index in [9.17, 15) is 0 Å². The molecule has 2 heteroatoms. The van der Waals surface area contributed by atoms with Gasteiger partial charge in [0.25, 0.3) is 0 Å². The average Bonchev–Trinajstić information content (AvgIpc) is 2.76. The molecule has 2 aliphatic rings. The summed E-state index contributed by atoms with van der Waals surface area (Å²) in [5.74, 6) is 1.61. The van der Waals surface area contributed by atoms with Crippen LogP contribution < -0.4 is 0 Å². The Morgan fingerprint density at radius 1 is 1.42 bits per heavy atom. The van der Waals surface area contributed by atoms with Crippen molar-refractivity contribution in [3.63, 3.8) is 0 Å². The van der Waals surface area contributed by atoms with Gasteiger partial charge in [0.2, 0.25) is 0 Å². The highest BCUT2D eigenvalue weighted by molar-refractivity contribution is 6.18. The van der Waals surface area contributed by atoms with Crippen molar-refractivity contribution in [2.45, 2.75) is 38.2 Å². The Kier molecular flexibility index (Phi) is 2.35. The Morgan fingerprint density at radius 2 is 2.17 bits per heavy atom. The first-order valence-electron chi connectivity index (χ1n) is 4.91. The summed E-state index contributed by atoms with van der Waals surface area (Å²) in [4.78, 5) is 0. The summed E-state index contributed by atoms with van der Waals surface area (Å²) in [5.41, 5.74) is 0.485. The molecule has 2 unspecified atom stereocenters. The molecule has 0 saturated heterocycles. The van der Waals surface area contributed by atoms with Crippen molar-refractivity contribution < 1.29 is 4.74 Å². The van der Waals surface area contributed by atoms with Crippen LogP contribution in [-0.2, 0) is 4.74 Å². The Bertz CT molecular complexity index is 165. The van der Waals surface area contributed by atoms with Crippen molar-refractivity contribution >= 4 is 11.6 Å². The zero-order valence-corrected chi connectivity index (χ0v) is 8.44. The van der Waals surface area contributed by atoms with Crippen LogP contribution in [0.5, 0.6) is 0 Å². The molecule has 70 valence electrons. The number of hydrogen-bond acceptors (Lipinski definition) is 1. The largest absolute Gasteiger partial charge is 0.381 e. The summed E-state index contributed by atoms with van der Waals surface area (Å²) in [6, 6.07) is 0. The van der Waals surface area contributed by atoms with E-state index in [0.29, 0.717) is 11.5 Å². The van der Waals surface area contributed by atoms with E-state index < -0.39 is 0 Å². The summed E-state index contributed by atoms with van der Waals surface area (Å²) < 4.78 is 5.49. The van der Waals surface area contributed by atoms with Crippen LogP contribution in [0.15, 0.2) is 0 Å². The monoisotopic (exact) mass is 188 g/mol. The molecule has 0 aromatic heterocycles. The zero-order valence-electron chi connectivity index (χ0n) is 7.68. The van der Waals surface area contributed by atoms with Crippen LogP contribution in [0, 0.1) is 11.3 Å². The first kappa shape index (κ1) is 8.83. The second kappa shape index (κ2) is 3.19. The number of hydrogen-bond donors (Lipinski definition) is 0. The summed E-state index contributed by atoms with van der Waals surface area (Å²) in [6.07, 6.45) is 7.10. The molecule has 0 aromatic carbocycles. The molecule has 0 aliphatic heterocycles. The molecule has 2 atom stereocenters. The van der Waals surface area contributed by atoms with Crippen LogP contribution in [0.2, 0.25) is 0 Å². The fraction of sp³-hybridized carbons (Fsp3) is 1.00. The average molecular weight is 189 g/mol. The lowest BCUT2D eigenvalue weighted by Gasteiger charge is -2.25. The number of alkyl halides is 1. The molecule has 0 spiro atoms. The molecule has 2 saturated carbocycles. The molecule has 0 amide bonds. The van der Waals surface area contributed by atoms with Crippen LogP contribution in [-0.4, -0.2) is 19.1 Å². The van der Waals surface area contributed by atoms with Gasteiger partial charge in [-0.25, -0.2) is 0 Å². The lowest BCUT2D eigenvalue weighted by atomic mass is 9.87. The minimum atomic E-state index is 0.485. The van der Waals surface area contributed by atoms with Crippen LogP contribution >= 0.6 is 11.6 Å². The molecule has 1 nitrogen and oxygen atoms in total. The van der Waals surface area contributed by atoms with E-state index in [-0.39, 0.29) is 0 Å². The summed E-state index contributed by atoms with van der Waals surface area (Å²) in [7, 11) is 1.84. The molecule has 0 N–H and O–H groups in total. The standard InChI is InChI=1S/C10H17ClO/c1-12-9-4-2-3-8(9)10(7-11)5-6-10/h8-9H,2-7H2,1H3. The van der Waals surface area contributed by atoms with E-state index in [0.717, 1.165) is 11.8 Å². The summed E-state index contributed by atoms with van der Waals surface area (Å²) in [5, 5.41) is 0. The first-order valence-corrected chi connectivity index (χ1v) is 5.44. The maximum Gasteiger partial charge on any atom is 0.0605 e. The number of methoxy groups -OCH3 is 1. The third-order valence-electron chi connectivity index (χ3n) is 3.70. The van der Waals surface area contributed by atoms with Gasteiger partial charge in [0.1, 0.15) is 0 Å². The number of halogens is 1. The van der Waals surface area contributed by atoms with Gasteiger partial charge in [-0.2, -0.15) is 0 Å². The molecule has 0 bridgehead atoms. The molecule has 0 heterocycles. The maximum absolute atomic E-state index is 6.00. The van der Waals surface area contributed by atoms with Crippen molar-refractivity contribution in [1.82, 2.24) is 0 Å². The Balaban J connectivity index is 2.02. The molecule has 0 aromatic rings. The quantitative estimate of drug-likeness (QED) is 0.619. The zero-order chi connectivity index (χ0) is 8.60. The van der Waals surface area contributed by atoms with Gasteiger partial charge in [0.15, 0.2) is 0 Å². The molecule has 2 aliphatic carbocycles. The molecule has 12 heavy (non-hydrogen) atoms. The molecule has 0 radical (unpaired) electrons. The predicted molar refractivity (Wildman–Crippen MR) is 50.5 cm³/mol. The van der Waals surface area contributed by atoms with Crippen LogP contribution in [0.25, 0.3) is 0 Å². The summed E-state index contributed by atoms with van der Waals surface area (Å²) >= 11 is 6.00. The van der Waals surface area contributed by atoms with Crippen LogP contribution in [0.3, 0.4) is 0 Å². The van der Waals surface area contributed by atoms with E-state index in [1.807, 2.05) is 7.11 Å². The smallest absolute Gasteiger partial charge is 0.0605 e. The van der Waals surface area contributed by atoms with E-state index in [2.05, 4.69) is 0 Å². The third kappa shape index (κ3) is 1.27. The van der Waals surface area contributed by atoms with E-state index in [1.54, 1.807) is 0 Å². The Hall–Kier alpha value is 0.250. The van der Waals surface area contributed by atoms with E-state index in [1.165, 1.54) is 32.1 Å². The van der Waals surface area contributed by atoms with Gasteiger partial charge in [-0.3, -0.25) is 0 Å². The van der Waals surface area contributed by atoms with E-state index >= 15 is 0 Å². The van der Waals surface area contributed by atoms with Gasteiger partial charge in [-0.05, 0) is 37.0 Å². The first-order chi connectivity index (χ1) is 5.82.